The van der Waals surface area contributed by atoms with E-state index in [1.807, 2.05) is 13.1 Å². The van der Waals surface area contributed by atoms with Crippen LogP contribution in [0.4, 0.5) is 5.69 Å². The van der Waals surface area contributed by atoms with E-state index in [0.717, 1.165) is 49.9 Å². The van der Waals surface area contributed by atoms with E-state index in [1.54, 1.807) is 6.20 Å². The van der Waals surface area contributed by atoms with Crippen LogP contribution in [0.3, 0.4) is 0 Å². The number of aromatic amines is 2. The Bertz CT molecular complexity index is 955. The van der Waals surface area contributed by atoms with E-state index in [4.69, 9.17) is 4.74 Å². The lowest BCUT2D eigenvalue weighted by atomic mass is 9.94. The van der Waals surface area contributed by atoms with Crippen LogP contribution in [-0.4, -0.2) is 70.9 Å². The van der Waals surface area contributed by atoms with Crippen molar-refractivity contribution in [1.82, 2.24) is 30.4 Å². The molecule has 2 fully saturated rings. The van der Waals surface area contributed by atoms with Crippen molar-refractivity contribution < 1.29 is 9.53 Å². The summed E-state index contributed by atoms with van der Waals surface area (Å²) in [5.74, 6) is 0.648. The molecule has 1 aromatic carbocycles. The number of imidazole rings is 1. The number of carbonyl (C=O) groups is 1. The van der Waals surface area contributed by atoms with Crippen molar-refractivity contribution in [3.05, 3.63) is 30.0 Å². The van der Waals surface area contributed by atoms with Gasteiger partial charge in [-0.3, -0.25) is 14.8 Å². The fourth-order valence-corrected chi connectivity index (χ4v) is 3.63. The third-order valence-corrected chi connectivity index (χ3v) is 5.66. The number of fused-ring (bicyclic) bond motifs is 1. The van der Waals surface area contributed by atoms with Crippen LogP contribution in [0.5, 0.6) is 0 Å². The van der Waals surface area contributed by atoms with Crippen molar-refractivity contribution in [2.75, 3.05) is 38.7 Å². The van der Waals surface area contributed by atoms with Gasteiger partial charge >= 0.3 is 0 Å². The fraction of sp³-hybridized carbons (Fsp3) is 0.476. The van der Waals surface area contributed by atoms with Gasteiger partial charge in [0.1, 0.15) is 5.69 Å². The highest BCUT2D eigenvalue weighted by Gasteiger charge is 2.14. The lowest BCUT2D eigenvalue weighted by molar-refractivity contribution is -0.105. The van der Waals surface area contributed by atoms with Crippen LogP contribution in [0.25, 0.3) is 22.6 Å². The van der Waals surface area contributed by atoms with Crippen molar-refractivity contribution in [2.24, 2.45) is 0 Å². The highest BCUT2D eigenvalue weighted by Crippen LogP contribution is 2.25. The third-order valence-electron chi connectivity index (χ3n) is 5.66. The maximum Gasteiger partial charge on any atom is 0.211 e. The lowest BCUT2D eigenvalue weighted by Crippen LogP contribution is -2.35. The average molecular weight is 412 g/mol. The van der Waals surface area contributed by atoms with Crippen LogP contribution in [0.2, 0.25) is 0 Å². The summed E-state index contributed by atoms with van der Waals surface area (Å²) in [6.07, 6.45) is 6.41. The monoisotopic (exact) mass is 411 g/mol. The summed E-state index contributed by atoms with van der Waals surface area (Å²) in [4.78, 5) is 20.9. The van der Waals surface area contributed by atoms with E-state index in [1.165, 1.54) is 24.8 Å². The number of amides is 1. The Labute approximate surface area is 175 Å². The number of morpholine rings is 1. The molecule has 0 atom stereocenters. The first-order valence-electron chi connectivity index (χ1n) is 10.5. The highest BCUT2D eigenvalue weighted by molar-refractivity contribution is 5.85. The minimum Gasteiger partial charge on any atom is -0.379 e. The van der Waals surface area contributed by atoms with Gasteiger partial charge in [0.2, 0.25) is 6.41 Å². The minimum atomic E-state index is 0.595. The molecule has 5 rings (SSSR count). The van der Waals surface area contributed by atoms with E-state index >= 15 is 0 Å². The van der Waals surface area contributed by atoms with E-state index in [-0.39, 0.29) is 0 Å². The topological polar surface area (TPSA) is 111 Å². The Morgan fingerprint density at radius 3 is 2.80 bits per heavy atom. The second-order valence-electron chi connectivity index (χ2n) is 7.66. The van der Waals surface area contributed by atoms with Gasteiger partial charge in [0, 0.05) is 25.7 Å². The molecule has 1 aliphatic heterocycles. The smallest absolute Gasteiger partial charge is 0.211 e. The molecule has 9 heteroatoms. The molecule has 2 aromatic heterocycles. The van der Waals surface area contributed by atoms with Crippen molar-refractivity contribution >= 4 is 23.1 Å². The first-order chi connectivity index (χ1) is 14.8. The number of rotatable bonds is 6. The molecule has 1 amide bonds. The number of hydrogen-bond acceptors (Lipinski definition) is 6. The third kappa shape index (κ3) is 4.86. The van der Waals surface area contributed by atoms with Gasteiger partial charge in [0.05, 0.1) is 36.1 Å². The molecule has 0 radical (unpaired) electrons. The Hall–Kier alpha value is -2.75. The molecule has 9 nitrogen and oxygen atoms in total. The highest BCUT2D eigenvalue weighted by atomic mass is 16.5. The summed E-state index contributed by atoms with van der Waals surface area (Å²) in [5, 5.41) is 12.6. The summed E-state index contributed by atoms with van der Waals surface area (Å²) in [6, 6.07) is 7.09. The van der Waals surface area contributed by atoms with Crippen molar-refractivity contribution in [3.8, 4) is 11.5 Å². The number of aromatic nitrogens is 4. The van der Waals surface area contributed by atoms with Crippen LogP contribution in [0, 0.1) is 0 Å². The van der Waals surface area contributed by atoms with Gasteiger partial charge in [0.25, 0.3) is 0 Å². The molecule has 0 bridgehead atoms. The van der Waals surface area contributed by atoms with Gasteiger partial charge in [-0.2, -0.15) is 5.10 Å². The number of anilines is 1. The van der Waals surface area contributed by atoms with Crippen LogP contribution in [0.15, 0.2) is 24.4 Å². The van der Waals surface area contributed by atoms with Crippen molar-refractivity contribution in [3.63, 3.8) is 0 Å². The second-order valence-corrected chi connectivity index (χ2v) is 7.66. The van der Waals surface area contributed by atoms with Crippen LogP contribution in [0.1, 0.15) is 24.8 Å². The number of H-pyrrole nitrogens is 2. The standard InChI is InChI=1S/C16H18N6O2.C5H11N/c23-10-17-14-8-18-21-15(14)16-19-12-2-1-11(7-13(12)20-16)9-22-3-5-24-6-4-22;1-6-5-3-2-4-5/h1-2,7-8,10H,3-6,9H2,(H,17,23)(H,18,21)(H,19,20);5-6H,2-4H2,1H3. The Kier molecular flexibility index (Phi) is 6.73. The normalized spacial score (nSPS) is 17.2. The number of nitrogens with zero attached hydrogens (tertiary/aromatic N) is 3. The minimum absolute atomic E-state index is 0.595. The van der Waals surface area contributed by atoms with Crippen LogP contribution in [-0.2, 0) is 16.1 Å². The molecule has 4 N–H and O–H groups in total. The average Bonchev–Trinajstić information content (AvgIpc) is 3.35. The number of hydrogen-bond donors (Lipinski definition) is 4. The summed E-state index contributed by atoms with van der Waals surface area (Å²) in [5.41, 5.74) is 4.32. The molecule has 1 saturated heterocycles. The first kappa shape index (κ1) is 20.5. The summed E-state index contributed by atoms with van der Waals surface area (Å²) < 4.78 is 5.39. The van der Waals surface area contributed by atoms with Gasteiger partial charge in [0.15, 0.2) is 5.82 Å². The Morgan fingerprint density at radius 2 is 2.13 bits per heavy atom. The lowest BCUT2D eigenvalue weighted by Gasteiger charge is -2.26. The molecule has 30 heavy (non-hydrogen) atoms. The zero-order valence-corrected chi connectivity index (χ0v) is 17.3. The molecule has 2 aliphatic rings. The molecular weight excluding hydrogens is 382 g/mol. The van der Waals surface area contributed by atoms with E-state index in [0.29, 0.717) is 23.6 Å². The maximum absolute atomic E-state index is 10.7. The first-order valence-corrected chi connectivity index (χ1v) is 10.5. The number of ether oxygens (including phenoxy) is 1. The zero-order chi connectivity index (χ0) is 20.8. The van der Waals surface area contributed by atoms with Crippen molar-refractivity contribution in [1.29, 1.82) is 0 Å². The summed E-state index contributed by atoms with van der Waals surface area (Å²) in [6.45, 7) is 4.41. The molecule has 160 valence electrons. The SMILES string of the molecule is CNC1CCC1.O=CNc1cn[nH]c1-c1nc2ccc(CN3CCOCC3)cc2[nH]1. The van der Waals surface area contributed by atoms with E-state index in [2.05, 4.69) is 47.8 Å². The fourth-order valence-electron chi connectivity index (χ4n) is 3.63. The van der Waals surface area contributed by atoms with Crippen molar-refractivity contribution in [2.45, 2.75) is 31.8 Å². The van der Waals surface area contributed by atoms with Crippen LogP contribution < -0.4 is 10.6 Å². The number of carbonyl (C=O) groups excluding carboxylic acids is 1. The second kappa shape index (κ2) is 9.84. The Morgan fingerprint density at radius 1 is 1.30 bits per heavy atom. The predicted molar refractivity (Wildman–Crippen MR) is 116 cm³/mol. The van der Waals surface area contributed by atoms with Gasteiger partial charge in [-0.25, -0.2) is 4.98 Å². The van der Waals surface area contributed by atoms with Gasteiger partial charge < -0.3 is 20.4 Å². The molecule has 1 aliphatic carbocycles. The molecule has 0 spiro atoms. The molecule has 1 saturated carbocycles. The molecular formula is C21H29N7O2. The van der Waals surface area contributed by atoms with E-state index in [9.17, 15) is 4.79 Å². The van der Waals surface area contributed by atoms with Gasteiger partial charge in [-0.15, -0.1) is 0 Å². The number of benzene rings is 1. The maximum atomic E-state index is 10.7. The molecule has 3 heterocycles. The van der Waals surface area contributed by atoms with Gasteiger partial charge in [-0.1, -0.05) is 12.5 Å². The Balaban J connectivity index is 0.000000313. The zero-order valence-electron chi connectivity index (χ0n) is 17.3. The number of nitrogens with one attached hydrogen (secondary N) is 4. The van der Waals surface area contributed by atoms with Crippen LogP contribution >= 0.6 is 0 Å². The van der Waals surface area contributed by atoms with Gasteiger partial charge in [-0.05, 0) is 37.6 Å². The predicted octanol–water partition coefficient (Wildman–Crippen LogP) is 2.11. The van der Waals surface area contributed by atoms with E-state index < -0.39 is 0 Å². The quantitative estimate of drug-likeness (QED) is 0.463. The largest absolute Gasteiger partial charge is 0.379 e. The molecule has 3 aromatic rings. The summed E-state index contributed by atoms with van der Waals surface area (Å²) >= 11 is 0. The summed E-state index contributed by atoms with van der Waals surface area (Å²) in [7, 11) is 2.03. The molecule has 0 unspecified atom stereocenters.